The summed E-state index contributed by atoms with van der Waals surface area (Å²) in [6.45, 7) is 6.67. The van der Waals surface area contributed by atoms with Crippen molar-refractivity contribution in [3.8, 4) is 0 Å². The number of likely N-dealkylation sites (tertiary alicyclic amines) is 1. The molecular weight excluding hydrogens is 539 g/mol. The smallest absolute Gasteiger partial charge is 0.331 e. The van der Waals surface area contributed by atoms with Crippen molar-refractivity contribution in [1.29, 1.82) is 0 Å². The van der Waals surface area contributed by atoms with Gasteiger partial charge in [-0.1, -0.05) is 0 Å². The average Bonchev–Trinajstić information content (AvgIpc) is 3.69. The lowest BCUT2D eigenvalue weighted by molar-refractivity contribution is 0.0931. The van der Waals surface area contributed by atoms with Crippen molar-refractivity contribution >= 4 is 39.4 Å². The Balaban J connectivity index is 1.20. The number of piperidine rings is 1. The van der Waals surface area contributed by atoms with E-state index in [2.05, 4.69) is 15.3 Å². The number of nitrogens with one attached hydrogen (secondary N) is 2. The van der Waals surface area contributed by atoms with Crippen molar-refractivity contribution in [2.24, 2.45) is 11.8 Å². The molecule has 220 valence electrons. The normalized spacial score (nSPS) is 17.4. The number of aromatic amines is 1. The predicted octanol–water partition coefficient (Wildman–Crippen LogP) is 4.99. The van der Waals surface area contributed by atoms with Crippen LogP contribution in [-0.2, 0) is 6.54 Å². The Hall–Kier alpha value is -4.28. The van der Waals surface area contributed by atoms with E-state index < -0.39 is 23.1 Å². The monoisotopic (exact) mass is 574 g/mol. The minimum absolute atomic E-state index is 0.00402. The zero-order chi connectivity index (χ0) is 29.7. The van der Waals surface area contributed by atoms with Crippen molar-refractivity contribution in [3.05, 3.63) is 68.4 Å². The van der Waals surface area contributed by atoms with Crippen LogP contribution in [0.25, 0.3) is 21.9 Å². The maximum absolute atomic E-state index is 15.3. The fourth-order valence-corrected chi connectivity index (χ4v) is 6.01. The summed E-state index contributed by atoms with van der Waals surface area (Å²) in [5, 5.41) is 2.83. The number of hydrogen-bond acceptors (Lipinski definition) is 5. The number of amides is 2. The summed E-state index contributed by atoms with van der Waals surface area (Å²) in [5.74, 6) is 0.315. The van der Waals surface area contributed by atoms with Crippen LogP contribution < -0.4 is 16.6 Å². The van der Waals surface area contributed by atoms with Crippen molar-refractivity contribution in [3.63, 3.8) is 0 Å². The molecule has 42 heavy (non-hydrogen) atoms. The van der Waals surface area contributed by atoms with Gasteiger partial charge in [0.1, 0.15) is 11.6 Å². The highest BCUT2D eigenvalue weighted by molar-refractivity contribution is 5.99. The number of halogens is 1. The fraction of sp³-hybridized carbons (Fsp3) is 0.452. The fourth-order valence-electron chi connectivity index (χ4n) is 6.01. The molecule has 6 rings (SSSR count). The number of nitrogens with zero attached hydrogens (tertiary/aromatic N) is 4. The second-order valence-corrected chi connectivity index (χ2v) is 12.0. The number of aryl methyl sites for hydroxylation is 1. The molecule has 2 aromatic carbocycles. The van der Waals surface area contributed by atoms with E-state index in [0.717, 1.165) is 48.6 Å². The van der Waals surface area contributed by atoms with Crippen molar-refractivity contribution in [2.45, 2.75) is 65.5 Å². The molecule has 0 radical (unpaired) electrons. The SMILES string of the molecule is Cc1nc2ccc(C(=O)CC3CCCN(C(=O)Nc4cc5c(=O)n(CC6CC6)c(=O)n(C(C)C)c5cc4F)C3)cc2[nH]1. The first-order chi connectivity index (χ1) is 20.1. The van der Waals surface area contributed by atoms with Crippen LogP contribution in [0.4, 0.5) is 14.9 Å². The number of fused-ring (bicyclic) bond motifs is 2. The summed E-state index contributed by atoms with van der Waals surface area (Å²) in [4.78, 5) is 61.9. The van der Waals surface area contributed by atoms with Gasteiger partial charge in [-0.3, -0.25) is 18.7 Å². The molecule has 0 spiro atoms. The van der Waals surface area contributed by atoms with E-state index in [4.69, 9.17) is 0 Å². The first-order valence-electron chi connectivity index (χ1n) is 14.6. The molecule has 11 heteroatoms. The maximum atomic E-state index is 15.3. The Morgan fingerprint density at radius 1 is 1.12 bits per heavy atom. The number of H-pyrrole nitrogens is 1. The summed E-state index contributed by atoms with van der Waals surface area (Å²) >= 11 is 0. The summed E-state index contributed by atoms with van der Waals surface area (Å²) in [5.41, 5.74) is 1.39. The van der Waals surface area contributed by atoms with E-state index in [-0.39, 0.29) is 34.3 Å². The molecule has 1 saturated heterocycles. The number of imidazole rings is 1. The molecule has 1 aliphatic carbocycles. The van der Waals surface area contributed by atoms with Crippen LogP contribution in [0.15, 0.2) is 39.9 Å². The zero-order valence-electron chi connectivity index (χ0n) is 24.1. The van der Waals surface area contributed by atoms with Gasteiger partial charge in [-0.2, -0.15) is 0 Å². The van der Waals surface area contributed by atoms with Crippen molar-refractivity contribution in [1.82, 2.24) is 24.0 Å². The summed E-state index contributed by atoms with van der Waals surface area (Å²) < 4.78 is 18.0. The van der Waals surface area contributed by atoms with Crippen molar-refractivity contribution < 1.29 is 14.0 Å². The van der Waals surface area contributed by atoms with E-state index in [1.807, 2.05) is 32.9 Å². The summed E-state index contributed by atoms with van der Waals surface area (Å²) in [6.07, 6.45) is 3.76. The third-order valence-electron chi connectivity index (χ3n) is 8.36. The highest BCUT2D eigenvalue weighted by Crippen LogP contribution is 2.30. The molecule has 2 fully saturated rings. The van der Waals surface area contributed by atoms with Crippen LogP contribution in [0.3, 0.4) is 0 Å². The van der Waals surface area contributed by atoms with Gasteiger partial charge in [0.05, 0.1) is 27.6 Å². The highest BCUT2D eigenvalue weighted by atomic mass is 19.1. The molecule has 1 aliphatic heterocycles. The Morgan fingerprint density at radius 2 is 1.90 bits per heavy atom. The van der Waals surface area contributed by atoms with Gasteiger partial charge in [0.2, 0.25) is 0 Å². The number of carbonyl (C=O) groups is 2. The minimum Gasteiger partial charge on any atom is -0.342 e. The highest BCUT2D eigenvalue weighted by Gasteiger charge is 2.28. The van der Waals surface area contributed by atoms with Gasteiger partial charge < -0.3 is 15.2 Å². The number of hydrogen-bond donors (Lipinski definition) is 2. The Morgan fingerprint density at radius 3 is 2.64 bits per heavy atom. The molecule has 3 heterocycles. The lowest BCUT2D eigenvalue weighted by Crippen LogP contribution is -2.43. The quantitative estimate of drug-likeness (QED) is 0.301. The van der Waals surface area contributed by atoms with Crippen LogP contribution in [-0.4, -0.2) is 48.9 Å². The molecule has 1 unspecified atom stereocenters. The molecule has 4 aromatic rings. The third kappa shape index (κ3) is 5.35. The van der Waals surface area contributed by atoms with E-state index in [9.17, 15) is 19.2 Å². The number of urea groups is 1. The Kier molecular flexibility index (Phi) is 7.20. The van der Waals surface area contributed by atoms with Crippen LogP contribution in [0, 0.1) is 24.6 Å². The molecule has 2 amide bonds. The second-order valence-electron chi connectivity index (χ2n) is 12.0. The minimum atomic E-state index is -0.725. The molecule has 10 nitrogen and oxygen atoms in total. The standard InChI is InChI=1S/C31H35FN6O4/c1-17(2)38-27-14-23(32)25(13-22(27)29(40)37(31(38)42)16-19-6-7-19)35-30(41)36-10-4-5-20(15-36)11-28(39)21-8-9-24-26(12-21)34-18(3)33-24/h8-9,12-14,17,19-20H,4-7,10-11,15-16H2,1-3H3,(H,33,34)(H,35,41). The Bertz CT molecular complexity index is 1830. The van der Waals surface area contributed by atoms with Crippen LogP contribution >= 0.6 is 0 Å². The van der Waals surface area contributed by atoms with Crippen molar-refractivity contribution in [2.75, 3.05) is 18.4 Å². The number of anilines is 1. The lowest BCUT2D eigenvalue weighted by Gasteiger charge is -2.32. The average molecular weight is 575 g/mol. The van der Waals surface area contributed by atoms with Crippen LogP contribution in [0.1, 0.15) is 68.2 Å². The number of rotatable bonds is 7. The number of aromatic nitrogens is 4. The molecular formula is C31H35FN6O4. The first-order valence-corrected chi connectivity index (χ1v) is 14.6. The van der Waals surface area contributed by atoms with E-state index in [0.29, 0.717) is 37.5 Å². The van der Waals surface area contributed by atoms with Crippen LogP contribution in [0.2, 0.25) is 0 Å². The predicted molar refractivity (Wildman–Crippen MR) is 159 cm³/mol. The van der Waals surface area contributed by atoms with Gasteiger partial charge in [-0.25, -0.2) is 19.0 Å². The van der Waals surface area contributed by atoms with E-state index in [1.165, 1.54) is 15.2 Å². The van der Waals surface area contributed by atoms with Gasteiger partial charge in [-0.05, 0) is 82.6 Å². The number of carbonyl (C=O) groups excluding carboxylic acids is 2. The lowest BCUT2D eigenvalue weighted by atomic mass is 9.91. The van der Waals surface area contributed by atoms with Gasteiger partial charge in [-0.15, -0.1) is 0 Å². The summed E-state index contributed by atoms with van der Waals surface area (Å²) in [7, 11) is 0. The topological polar surface area (TPSA) is 122 Å². The zero-order valence-corrected chi connectivity index (χ0v) is 24.1. The van der Waals surface area contributed by atoms with Gasteiger partial charge >= 0.3 is 11.7 Å². The van der Waals surface area contributed by atoms with Crippen LogP contribution in [0.5, 0.6) is 0 Å². The molecule has 2 aliphatic rings. The first kappa shape index (κ1) is 27.9. The third-order valence-corrected chi connectivity index (χ3v) is 8.36. The summed E-state index contributed by atoms with van der Waals surface area (Å²) in [6, 6.07) is 7.13. The number of Topliss-reactive ketones (excluding diaryl/α,β-unsaturated/α-hetero) is 1. The van der Waals surface area contributed by atoms with Gasteiger partial charge in [0, 0.05) is 43.7 Å². The Labute approximate surface area is 241 Å². The molecule has 1 saturated carbocycles. The van der Waals surface area contributed by atoms with Gasteiger partial charge in [0.25, 0.3) is 5.56 Å². The largest absolute Gasteiger partial charge is 0.342 e. The van der Waals surface area contributed by atoms with E-state index >= 15 is 4.39 Å². The molecule has 0 bridgehead atoms. The van der Waals surface area contributed by atoms with E-state index in [1.54, 1.807) is 11.0 Å². The molecule has 2 N–H and O–H groups in total. The van der Waals surface area contributed by atoms with Gasteiger partial charge in [0.15, 0.2) is 5.78 Å². The maximum Gasteiger partial charge on any atom is 0.331 e. The number of benzene rings is 2. The molecule has 1 atom stereocenters. The molecule has 2 aromatic heterocycles. The second kappa shape index (κ2) is 10.8. The number of ketones is 1.